The van der Waals surface area contributed by atoms with Crippen LogP contribution in [0.2, 0.25) is 14.8 Å². The number of nitrogens with zero attached hydrogens (tertiary/aromatic N) is 2. The van der Waals surface area contributed by atoms with Gasteiger partial charge < -0.3 is 0 Å². The maximum atomic E-state index is 11.2. The number of aliphatic hydroxyl groups excluding tert-OH is 1. The number of anilines is 2. The van der Waals surface area contributed by atoms with Crippen LogP contribution in [0, 0.1) is 10.1 Å². The predicted molar refractivity (Wildman–Crippen MR) is 89.5 cm³/mol. The van der Waals surface area contributed by atoms with Crippen molar-refractivity contribution in [3.63, 3.8) is 0 Å². The summed E-state index contributed by atoms with van der Waals surface area (Å²) >= 11 is -2.41. The molecule has 0 radical (unpaired) electrons. The summed E-state index contributed by atoms with van der Waals surface area (Å²) in [5.74, 6) is 0.269. The molecule has 0 bridgehead atoms. The number of hydrogen-bond donors (Lipinski definition) is 2. The summed E-state index contributed by atoms with van der Waals surface area (Å²) in [6.07, 6.45) is 0. The molecule has 116 valence electrons. The van der Waals surface area contributed by atoms with Crippen molar-refractivity contribution in [2.75, 3.05) is 5.32 Å². The third kappa shape index (κ3) is 3.95. The van der Waals surface area contributed by atoms with Crippen LogP contribution < -0.4 is 9.03 Å². The summed E-state index contributed by atoms with van der Waals surface area (Å²) in [5.41, 5.74) is 1.45. The van der Waals surface area contributed by atoms with Crippen LogP contribution in [0.3, 0.4) is 0 Å². The molecule has 0 aliphatic carbocycles. The van der Waals surface area contributed by atoms with E-state index >= 15 is 0 Å². The van der Waals surface area contributed by atoms with Gasteiger partial charge in [0.2, 0.25) is 0 Å². The van der Waals surface area contributed by atoms with E-state index in [4.69, 9.17) is 5.11 Å². The second-order valence-corrected chi connectivity index (χ2v) is 20.4. The van der Waals surface area contributed by atoms with Crippen LogP contribution in [0.4, 0.5) is 17.2 Å². The van der Waals surface area contributed by atoms with Crippen molar-refractivity contribution in [2.24, 2.45) is 0 Å². The second kappa shape index (κ2) is 6.62. The predicted octanol–water partition coefficient (Wildman–Crippen LogP) is 2.77. The number of nitro groups is 1. The van der Waals surface area contributed by atoms with Gasteiger partial charge in [-0.25, -0.2) is 0 Å². The van der Waals surface area contributed by atoms with Gasteiger partial charge in [-0.3, -0.25) is 0 Å². The first-order chi connectivity index (χ1) is 10.3. The third-order valence-electron chi connectivity index (χ3n) is 3.24. The Hall–Kier alpha value is -1.67. The molecule has 22 heavy (non-hydrogen) atoms. The number of hydrogen-bond acceptors (Lipinski definition) is 5. The van der Waals surface area contributed by atoms with Crippen molar-refractivity contribution in [1.29, 1.82) is 0 Å². The van der Waals surface area contributed by atoms with Crippen LogP contribution >= 0.6 is 0 Å². The molecule has 0 aliphatic rings. The number of aliphatic hydroxyl groups is 1. The van der Waals surface area contributed by atoms with Gasteiger partial charge in [-0.05, 0) is 0 Å². The summed E-state index contributed by atoms with van der Waals surface area (Å²) in [6.45, 7) is -0.0351. The first-order valence-corrected chi connectivity index (χ1v) is 16.9. The quantitative estimate of drug-likeness (QED) is 0.452. The van der Waals surface area contributed by atoms with Crippen molar-refractivity contribution in [3.8, 4) is 0 Å². The zero-order valence-corrected chi connectivity index (χ0v) is 15.7. The summed E-state index contributed by atoms with van der Waals surface area (Å²) < 4.78 is 0.981. The zero-order valence-electron chi connectivity index (χ0n) is 12.8. The SMILES string of the molecule is [CH3][Sn]([CH3])([CH3])[c]1ccc([N+](=O)[O-])c(Nc2ccc(CO)cc2)n1. The van der Waals surface area contributed by atoms with E-state index in [1.54, 1.807) is 30.3 Å². The Labute approximate surface area is 133 Å². The van der Waals surface area contributed by atoms with Crippen molar-refractivity contribution in [3.05, 3.63) is 52.1 Å². The molecule has 0 aliphatic heterocycles. The Balaban J connectivity index is 2.39. The van der Waals surface area contributed by atoms with Gasteiger partial charge >= 0.3 is 133 Å². The molecule has 0 saturated carbocycles. The van der Waals surface area contributed by atoms with Crippen LogP contribution in [0.5, 0.6) is 0 Å². The Morgan fingerprint density at radius 2 is 1.82 bits per heavy atom. The summed E-state index contributed by atoms with van der Waals surface area (Å²) in [7, 11) is 0. The van der Waals surface area contributed by atoms with E-state index in [0.717, 1.165) is 9.27 Å². The van der Waals surface area contributed by atoms with Crippen molar-refractivity contribution >= 4 is 39.3 Å². The topological polar surface area (TPSA) is 88.3 Å². The van der Waals surface area contributed by atoms with Gasteiger partial charge in [0.05, 0.1) is 0 Å². The van der Waals surface area contributed by atoms with Crippen molar-refractivity contribution in [2.45, 2.75) is 21.4 Å². The molecule has 1 aromatic heterocycles. The molecule has 0 spiro atoms. The fraction of sp³-hybridized carbons (Fsp3) is 0.267. The van der Waals surface area contributed by atoms with E-state index in [9.17, 15) is 10.1 Å². The Bertz CT molecular complexity index is 681. The second-order valence-electron chi connectivity index (χ2n) is 6.05. The number of rotatable bonds is 5. The summed E-state index contributed by atoms with van der Waals surface area (Å²) in [4.78, 5) is 21.9. The summed E-state index contributed by atoms with van der Waals surface area (Å²) in [6, 6.07) is 10.4. The molecule has 0 amide bonds. The molecule has 0 atom stereocenters. The summed E-state index contributed by atoms with van der Waals surface area (Å²) in [5, 5.41) is 23.2. The molecule has 2 rings (SSSR count). The molecule has 0 saturated heterocycles. The van der Waals surface area contributed by atoms with Crippen LogP contribution in [0.1, 0.15) is 5.56 Å². The van der Waals surface area contributed by atoms with Gasteiger partial charge in [0, 0.05) is 0 Å². The zero-order chi connectivity index (χ0) is 16.3. The molecule has 7 heteroatoms. The molecule has 1 heterocycles. The molecule has 0 unspecified atom stereocenters. The van der Waals surface area contributed by atoms with Gasteiger partial charge in [0.15, 0.2) is 0 Å². The number of pyridine rings is 1. The van der Waals surface area contributed by atoms with Crippen LogP contribution in [-0.4, -0.2) is 33.4 Å². The van der Waals surface area contributed by atoms with Gasteiger partial charge in [-0.2, -0.15) is 0 Å². The average Bonchev–Trinajstić information content (AvgIpc) is 2.47. The Kier molecular flexibility index (Phi) is 5.02. The normalized spacial score (nSPS) is 11.3. The first-order valence-electron chi connectivity index (χ1n) is 6.94. The molecular formula is C15H19N3O3Sn. The van der Waals surface area contributed by atoms with Crippen molar-refractivity contribution < 1.29 is 10.0 Å². The Morgan fingerprint density at radius 3 is 2.32 bits per heavy atom. The molecule has 2 aromatic rings. The fourth-order valence-electron chi connectivity index (χ4n) is 1.94. The van der Waals surface area contributed by atoms with E-state index in [0.29, 0.717) is 5.69 Å². The monoisotopic (exact) mass is 409 g/mol. The van der Waals surface area contributed by atoms with Crippen LogP contribution in [-0.2, 0) is 6.61 Å². The first kappa shape index (κ1) is 16.7. The third-order valence-corrected chi connectivity index (χ3v) is 8.42. The van der Waals surface area contributed by atoms with Gasteiger partial charge in [-0.1, -0.05) is 0 Å². The van der Waals surface area contributed by atoms with E-state index in [1.807, 2.05) is 0 Å². The van der Waals surface area contributed by atoms with Gasteiger partial charge in [0.1, 0.15) is 0 Å². The minimum absolute atomic E-state index is 0.0351. The molecule has 0 fully saturated rings. The van der Waals surface area contributed by atoms with Crippen LogP contribution in [0.25, 0.3) is 0 Å². The number of nitrogens with one attached hydrogen (secondary N) is 1. The fourth-order valence-corrected chi connectivity index (χ4v) is 4.88. The number of aromatic nitrogens is 1. The van der Waals surface area contributed by atoms with E-state index in [-0.39, 0.29) is 18.1 Å². The minimum atomic E-state index is -2.41. The Morgan fingerprint density at radius 1 is 1.18 bits per heavy atom. The standard InChI is InChI=1S/C12H10N3O3.3CH3.Sn/c16-8-9-3-5-10(6-4-9)14-12-11(15(17)18)2-1-7-13-12;;;;/h1-6,16H,8H2,(H,13,14);3*1H3;. The van der Waals surface area contributed by atoms with E-state index in [2.05, 4.69) is 25.1 Å². The van der Waals surface area contributed by atoms with Crippen LogP contribution in [0.15, 0.2) is 36.4 Å². The van der Waals surface area contributed by atoms with Crippen molar-refractivity contribution in [1.82, 2.24) is 4.98 Å². The van der Waals surface area contributed by atoms with E-state index in [1.165, 1.54) is 6.07 Å². The maximum absolute atomic E-state index is 11.2. The number of benzene rings is 1. The van der Waals surface area contributed by atoms with Gasteiger partial charge in [0.25, 0.3) is 0 Å². The molecule has 6 nitrogen and oxygen atoms in total. The van der Waals surface area contributed by atoms with Gasteiger partial charge in [-0.15, -0.1) is 0 Å². The van der Waals surface area contributed by atoms with E-state index < -0.39 is 23.3 Å². The molecule has 1 aromatic carbocycles. The molecule has 2 N–H and O–H groups in total. The molecular weight excluding hydrogens is 389 g/mol. The average molecular weight is 408 g/mol.